The van der Waals surface area contributed by atoms with E-state index in [1.165, 1.54) is 23.1 Å². The number of amides is 2. The SMILES string of the molecule is Cc1oc(C2CCN(C(=O)c3ccc(F)c(Cl)c3)CC2)nc1C(=O)N(C)C. The maximum absolute atomic E-state index is 13.3. The smallest absolute Gasteiger partial charge is 0.275 e. The average molecular weight is 394 g/mol. The second-order valence-corrected chi connectivity index (χ2v) is 7.26. The number of piperidine rings is 1. The molecule has 0 saturated carbocycles. The summed E-state index contributed by atoms with van der Waals surface area (Å²) in [5.41, 5.74) is 0.695. The third kappa shape index (κ3) is 3.98. The molecule has 0 aliphatic carbocycles. The zero-order valence-electron chi connectivity index (χ0n) is 15.5. The highest BCUT2D eigenvalue weighted by molar-refractivity contribution is 6.31. The lowest BCUT2D eigenvalue weighted by Gasteiger charge is -2.30. The monoisotopic (exact) mass is 393 g/mol. The van der Waals surface area contributed by atoms with Gasteiger partial charge >= 0.3 is 0 Å². The number of carbonyl (C=O) groups excluding carboxylic acids is 2. The second-order valence-electron chi connectivity index (χ2n) is 6.85. The molecule has 1 aromatic heterocycles. The lowest BCUT2D eigenvalue weighted by Crippen LogP contribution is -2.38. The molecule has 0 unspecified atom stereocenters. The molecule has 0 spiro atoms. The van der Waals surface area contributed by atoms with Gasteiger partial charge in [0, 0.05) is 38.7 Å². The molecule has 3 rings (SSSR count). The summed E-state index contributed by atoms with van der Waals surface area (Å²) in [7, 11) is 3.34. The van der Waals surface area contributed by atoms with E-state index in [0.29, 0.717) is 48.8 Å². The summed E-state index contributed by atoms with van der Waals surface area (Å²) in [4.78, 5) is 32.3. The minimum absolute atomic E-state index is 0.0493. The minimum atomic E-state index is -0.547. The van der Waals surface area contributed by atoms with Gasteiger partial charge in [-0.25, -0.2) is 9.37 Å². The molecule has 0 atom stereocenters. The number of likely N-dealkylation sites (tertiary alicyclic amines) is 1. The predicted molar refractivity (Wildman–Crippen MR) is 98.5 cm³/mol. The number of aromatic nitrogens is 1. The number of hydrogen-bond acceptors (Lipinski definition) is 4. The van der Waals surface area contributed by atoms with Gasteiger partial charge in [0.1, 0.15) is 11.6 Å². The molecule has 2 heterocycles. The molecule has 8 heteroatoms. The van der Waals surface area contributed by atoms with Crippen LogP contribution in [0.3, 0.4) is 0 Å². The molecular formula is C19H21ClFN3O3. The molecule has 1 fully saturated rings. The molecule has 6 nitrogen and oxygen atoms in total. The van der Waals surface area contributed by atoms with Crippen molar-refractivity contribution in [2.75, 3.05) is 27.2 Å². The van der Waals surface area contributed by atoms with Crippen LogP contribution in [0.4, 0.5) is 4.39 Å². The van der Waals surface area contributed by atoms with E-state index in [1.54, 1.807) is 25.9 Å². The van der Waals surface area contributed by atoms with Gasteiger partial charge in [-0.2, -0.15) is 0 Å². The van der Waals surface area contributed by atoms with Crippen LogP contribution in [-0.2, 0) is 0 Å². The Hall–Kier alpha value is -2.41. The minimum Gasteiger partial charge on any atom is -0.445 e. The zero-order chi connectivity index (χ0) is 19.7. The normalized spacial score (nSPS) is 15.1. The molecule has 2 aromatic rings. The van der Waals surface area contributed by atoms with Gasteiger partial charge < -0.3 is 14.2 Å². The summed E-state index contributed by atoms with van der Waals surface area (Å²) in [6, 6.07) is 3.98. The standard InChI is InChI=1S/C19H21ClFN3O3/c1-11-16(19(26)23(2)3)22-17(27-11)12-6-8-24(9-7-12)18(25)13-4-5-15(21)14(20)10-13/h4-5,10,12H,6-9H2,1-3H3. The van der Waals surface area contributed by atoms with Gasteiger partial charge in [-0.3, -0.25) is 9.59 Å². The van der Waals surface area contributed by atoms with Gasteiger partial charge in [0.25, 0.3) is 11.8 Å². The largest absolute Gasteiger partial charge is 0.445 e. The molecular weight excluding hydrogens is 373 g/mol. The summed E-state index contributed by atoms with van der Waals surface area (Å²) in [6.45, 7) is 2.78. The lowest BCUT2D eigenvalue weighted by atomic mass is 9.96. The zero-order valence-corrected chi connectivity index (χ0v) is 16.2. The van der Waals surface area contributed by atoms with Crippen molar-refractivity contribution in [3.05, 3.63) is 51.9 Å². The van der Waals surface area contributed by atoms with Crippen LogP contribution in [0.5, 0.6) is 0 Å². The lowest BCUT2D eigenvalue weighted by molar-refractivity contribution is 0.0705. The first-order valence-corrected chi connectivity index (χ1v) is 9.09. The van der Waals surface area contributed by atoms with Crippen LogP contribution in [0.2, 0.25) is 5.02 Å². The molecule has 1 aromatic carbocycles. The highest BCUT2D eigenvalue weighted by Gasteiger charge is 2.29. The molecule has 27 heavy (non-hydrogen) atoms. The van der Waals surface area contributed by atoms with Crippen LogP contribution in [0, 0.1) is 12.7 Å². The summed E-state index contributed by atoms with van der Waals surface area (Å²) in [5, 5.41) is -0.0657. The fourth-order valence-corrected chi connectivity index (χ4v) is 3.32. The van der Waals surface area contributed by atoms with Crippen molar-refractivity contribution >= 4 is 23.4 Å². The summed E-state index contributed by atoms with van der Waals surface area (Å²) in [5.74, 6) is 0.172. The summed E-state index contributed by atoms with van der Waals surface area (Å²) < 4.78 is 19.0. The number of rotatable bonds is 3. The Morgan fingerprint density at radius 1 is 1.30 bits per heavy atom. The first-order chi connectivity index (χ1) is 12.8. The highest BCUT2D eigenvalue weighted by Crippen LogP contribution is 2.30. The fourth-order valence-electron chi connectivity index (χ4n) is 3.14. The maximum atomic E-state index is 13.3. The quantitative estimate of drug-likeness (QED) is 0.800. The Bertz CT molecular complexity index is 873. The Balaban J connectivity index is 1.67. The Morgan fingerprint density at radius 2 is 1.96 bits per heavy atom. The van der Waals surface area contributed by atoms with Crippen molar-refractivity contribution in [3.63, 3.8) is 0 Å². The van der Waals surface area contributed by atoms with Gasteiger partial charge in [-0.15, -0.1) is 0 Å². The molecule has 1 aliphatic rings. The fraction of sp³-hybridized carbons (Fsp3) is 0.421. The number of oxazole rings is 1. The third-order valence-electron chi connectivity index (χ3n) is 4.72. The van der Waals surface area contributed by atoms with Crippen LogP contribution in [0.25, 0.3) is 0 Å². The first-order valence-electron chi connectivity index (χ1n) is 8.71. The molecule has 0 N–H and O–H groups in total. The third-order valence-corrected chi connectivity index (χ3v) is 5.01. The van der Waals surface area contributed by atoms with Gasteiger partial charge in [0.2, 0.25) is 0 Å². The van der Waals surface area contributed by atoms with Crippen molar-refractivity contribution in [2.45, 2.75) is 25.7 Å². The van der Waals surface area contributed by atoms with Crippen molar-refractivity contribution < 1.29 is 18.4 Å². The van der Waals surface area contributed by atoms with Gasteiger partial charge in [0.15, 0.2) is 11.6 Å². The van der Waals surface area contributed by atoms with E-state index < -0.39 is 5.82 Å². The molecule has 144 valence electrons. The molecule has 0 radical (unpaired) electrons. The molecule has 2 amide bonds. The molecule has 1 aliphatic heterocycles. The van der Waals surface area contributed by atoms with Crippen LogP contribution >= 0.6 is 11.6 Å². The van der Waals surface area contributed by atoms with Crippen LogP contribution in [-0.4, -0.2) is 53.8 Å². The van der Waals surface area contributed by atoms with E-state index in [4.69, 9.17) is 16.0 Å². The highest BCUT2D eigenvalue weighted by atomic mass is 35.5. The Labute approximate surface area is 161 Å². The predicted octanol–water partition coefficient (Wildman–Crippen LogP) is 3.50. The number of hydrogen-bond donors (Lipinski definition) is 0. The number of nitrogens with zero attached hydrogens (tertiary/aromatic N) is 3. The van der Waals surface area contributed by atoms with Crippen LogP contribution < -0.4 is 0 Å². The maximum Gasteiger partial charge on any atom is 0.275 e. The number of aryl methyl sites for hydroxylation is 1. The Morgan fingerprint density at radius 3 is 2.56 bits per heavy atom. The van der Waals surface area contributed by atoms with E-state index in [1.807, 2.05) is 0 Å². The molecule has 1 saturated heterocycles. The van der Waals surface area contributed by atoms with E-state index in [0.717, 1.165) is 0 Å². The van der Waals surface area contributed by atoms with Crippen molar-refractivity contribution in [2.24, 2.45) is 0 Å². The second kappa shape index (κ2) is 7.68. The molecule has 0 bridgehead atoms. The summed E-state index contributed by atoms with van der Waals surface area (Å²) >= 11 is 5.77. The topological polar surface area (TPSA) is 66.7 Å². The van der Waals surface area contributed by atoms with Crippen LogP contribution in [0.1, 0.15) is 51.3 Å². The van der Waals surface area contributed by atoms with E-state index in [2.05, 4.69) is 4.98 Å². The van der Waals surface area contributed by atoms with Crippen molar-refractivity contribution in [1.29, 1.82) is 0 Å². The van der Waals surface area contributed by atoms with E-state index >= 15 is 0 Å². The van der Waals surface area contributed by atoms with Gasteiger partial charge in [-0.1, -0.05) is 11.6 Å². The van der Waals surface area contributed by atoms with Gasteiger partial charge in [0.05, 0.1) is 5.02 Å². The number of halogens is 2. The van der Waals surface area contributed by atoms with E-state index in [9.17, 15) is 14.0 Å². The number of benzene rings is 1. The first kappa shape index (κ1) is 19.4. The average Bonchev–Trinajstić information content (AvgIpc) is 3.04. The van der Waals surface area contributed by atoms with Crippen LogP contribution in [0.15, 0.2) is 22.6 Å². The van der Waals surface area contributed by atoms with Crippen molar-refractivity contribution in [1.82, 2.24) is 14.8 Å². The summed E-state index contributed by atoms with van der Waals surface area (Å²) in [6.07, 6.45) is 1.35. The van der Waals surface area contributed by atoms with Crippen molar-refractivity contribution in [3.8, 4) is 0 Å². The van der Waals surface area contributed by atoms with E-state index in [-0.39, 0.29) is 22.8 Å². The number of carbonyl (C=O) groups is 2. The Kier molecular flexibility index (Phi) is 5.51. The van der Waals surface area contributed by atoms with Gasteiger partial charge in [-0.05, 0) is 38.0 Å².